The standard InChI is InChI=1S/C8H15NO3/c1-9-6-2-4-7(9,10)8(11,12)5-3-6/h6,10-12H,2-5H2,1H3. The van der Waals surface area contributed by atoms with Gasteiger partial charge in [0.15, 0.2) is 5.72 Å². The number of fused-ring (bicyclic) bond motifs is 2. The summed E-state index contributed by atoms with van der Waals surface area (Å²) < 4.78 is 0. The minimum Gasteiger partial charge on any atom is -0.370 e. The SMILES string of the molecule is CN1C2CCC(O)(O)C1(O)CC2. The molecule has 3 N–H and O–H groups in total. The Hall–Kier alpha value is -0.160. The highest BCUT2D eigenvalue weighted by atomic mass is 16.5. The Kier molecular flexibility index (Phi) is 1.55. The molecule has 4 nitrogen and oxygen atoms in total. The van der Waals surface area contributed by atoms with Crippen LogP contribution in [0.1, 0.15) is 25.7 Å². The summed E-state index contributed by atoms with van der Waals surface area (Å²) in [6, 6.07) is 0.322. The Morgan fingerprint density at radius 3 is 2.33 bits per heavy atom. The van der Waals surface area contributed by atoms with E-state index in [1.807, 2.05) is 0 Å². The fourth-order valence-corrected chi connectivity index (χ4v) is 2.43. The lowest BCUT2D eigenvalue weighted by molar-refractivity contribution is -0.331. The third-order valence-electron chi connectivity index (χ3n) is 3.42. The molecule has 70 valence electrons. The monoisotopic (exact) mass is 173 g/mol. The molecule has 2 aliphatic heterocycles. The molecule has 0 amide bonds. The molecule has 2 atom stereocenters. The van der Waals surface area contributed by atoms with Crippen molar-refractivity contribution in [2.24, 2.45) is 0 Å². The molecule has 0 aromatic rings. The molecule has 2 saturated heterocycles. The van der Waals surface area contributed by atoms with Gasteiger partial charge in [0.25, 0.3) is 0 Å². The van der Waals surface area contributed by atoms with E-state index in [1.54, 1.807) is 11.9 Å². The van der Waals surface area contributed by atoms with Gasteiger partial charge >= 0.3 is 0 Å². The highest BCUT2D eigenvalue weighted by molar-refractivity contribution is 5.03. The Bertz CT molecular complexity index is 206. The van der Waals surface area contributed by atoms with Crippen LogP contribution in [0.15, 0.2) is 0 Å². The van der Waals surface area contributed by atoms with Gasteiger partial charge in [-0.05, 0) is 26.3 Å². The molecule has 0 aliphatic carbocycles. The van der Waals surface area contributed by atoms with Crippen LogP contribution in [0.25, 0.3) is 0 Å². The second-order valence-electron chi connectivity index (χ2n) is 3.98. The smallest absolute Gasteiger partial charge is 0.206 e. The first-order valence-electron chi connectivity index (χ1n) is 4.37. The maximum Gasteiger partial charge on any atom is 0.206 e. The van der Waals surface area contributed by atoms with Gasteiger partial charge in [-0.15, -0.1) is 0 Å². The molecule has 2 rings (SSSR count). The van der Waals surface area contributed by atoms with E-state index in [9.17, 15) is 15.3 Å². The largest absolute Gasteiger partial charge is 0.370 e. The zero-order chi connectivity index (χ0) is 8.98. The summed E-state index contributed by atoms with van der Waals surface area (Å²) in [7, 11) is 1.75. The normalized spacial score (nSPS) is 46.5. The van der Waals surface area contributed by atoms with Gasteiger partial charge in [-0.3, -0.25) is 4.90 Å². The Morgan fingerprint density at radius 1 is 1.17 bits per heavy atom. The van der Waals surface area contributed by atoms with E-state index in [2.05, 4.69) is 0 Å². The van der Waals surface area contributed by atoms with Crippen LogP contribution in [-0.2, 0) is 0 Å². The Labute approximate surface area is 71.4 Å². The first-order valence-corrected chi connectivity index (χ1v) is 4.37. The molecular weight excluding hydrogens is 158 g/mol. The number of hydrogen-bond donors (Lipinski definition) is 3. The van der Waals surface area contributed by atoms with E-state index in [0.717, 1.165) is 12.8 Å². The highest BCUT2D eigenvalue weighted by Crippen LogP contribution is 2.45. The maximum absolute atomic E-state index is 9.94. The molecule has 0 aromatic heterocycles. The van der Waals surface area contributed by atoms with Crippen molar-refractivity contribution in [3.05, 3.63) is 0 Å². The second-order valence-corrected chi connectivity index (χ2v) is 3.98. The van der Waals surface area contributed by atoms with E-state index in [-0.39, 0.29) is 6.42 Å². The molecule has 0 radical (unpaired) electrons. The van der Waals surface area contributed by atoms with Crippen LogP contribution < -0.4 is 0 Å². The summed E-state index contributed by atoms with van der Waals surface area (Å²) >= 11 is 0. The number of nitrogens with zero attached hydrogens (tertiary/aromatic N) is 1. The summed E-state index contributed by atoms with van der Waals surface area (Å²) in [6.45, 7) is 0. The fourth-order valence-electron chi connectivity index (χ4n) is 2.43. The summed E-state index contributed by atoms with van der Waals surface area (Å²) in [5.41, 5.74) is -1.41. The van der Waals surface area contributed by atoms with Gasteiger partial charge in [0, 0.05) is 12.5 Å². The quantitative estimate of drug-likeness (QED) is 0.421. The van der Waals surface area contributed by atoms with Crippen molar-refractivity contribution < 1.29 is 15.3 Å². The maximum atomic E-state index is 9.94. The van der Waals surface area contributed by atoms with Gasteiger partial charge in [-0.1, -0.05) is 0 Å². The van der Waals surface area contributed by atoms with Crippen LogP contribution in [0, 0.1) is 0 Å². The molecular formula is C8H15NO3. The summed E-state index contributed by atoms with van der Waals surface area (Å²) in [5, 5.41) is 29.1. The molecule has 0 saturated carbocycles. The van der Waals surface area contributed by atoms with Gasteiger partial charge in [-0.2, -0.15) is 0 Å². The van der Waals surface area contributed by atoms with Crippen molar-refractivity contribution in [2.75, 3.05) is 7.05 Å². The average molecular weight is 173 g/mol. The molecule has 2 heterocycles. The average Bonchev–Trinajstić information content (AvgIpc) is 2.20. The molecule has 2 bridgehead atoms. The van der Waals surface area contributed by atoms with Crippen LogP contribution >= 0.6 is 0 Å². The minimum absolute atomic E-state index is 0.276. The molecule has 2 unspecified atom stereocenters. The van der Waals surface area contributed by atoms with Crippen LogP contribution in [-0.4, -0.2) is 44.8 Å². The number of aliphatic hydroxyl groups is 3. The lowest BCUT2D eigenvalue weighted by Crippen LogP contribution is -2.64. The number of likely N-dealkylation sites (N-methyl/N-ethyl adjacent to an activating group) is 1. The molecule has 0 aromatic carbocycles. The highest BCUT2D eigenvalue weighted by Gasteiger charge is 2.59. The second kappa shape index (κ2) is 2.20. The molecule has 2 aliphatic rings. The van der Waals surface area contributed by atoms with E-state index >= 15 is 0 Å². The van der Waals surface area contributed by atoms with E-state index in [4.69, 9.17) is 0 Å². The summed E-state index contributed by atoms with van der Waals surface area (Å²) in [4.78, 5) is 1.69. The van der Waals surface area contributed by atoms with Gasteiger partial charge < -0.3 is 15.3 Å². The van der Waals surface area contributed by atoms with Crippen LogP contribution in [0.5, 0.6) is 0 Å². The Balaban J connectivity index is 2.34. The minimum atomic E-state index is -1.92. The lowest BCUT2D eigenvalue weighted by atomic mass is 9.93. The predicted molar refractivity (Wildman–Crippen MR) is 42.1 cm³/mol. The van der Waals surface area contributed by atoms with E-state index < -0.39 is 11.5 Å². The van der Waals surface area contributed by atoms with Crippen molar-refractivity contribution in [1.82, 2.24) is 4.90 Å². The predicted octanol–water partition coefficient (Wildman–Crippen LogP) is -0.756. The van der Waals surface area contributed by atoms with Crippen molar-refractivity contribution in [3.63, 3.8) is 0 Å². The first kappa shape index (κ1) is 8.44. The summed E-state index contributed by atoms with van der Waals surface area (Å²) in [6.07, 6.45) is 2.35. The molecule has 12 heavy (non-hydrogen) atoms. The molecule has 4 heteroatoms. The van der Waals surface area contributed by atoms with Gasteiger partial charge in [-0.25, -0.2) is 0 Å². The van der Waals surface area contributed by atoms with Crippen molar-refractivity contribution in [2.45, 2.75) is 43.2 Å². The van der Waals surface area contributed by atoms with Gasteiger partial charge in [0.1, 0.15) is 0 Å². The number of rotatable bonds is 0. The third-order valence-corrected chi connectivity index (χ3v) is 3.42. The molecule has 0 spiro atoms. The van der Waals surface area contributed by atoms with Crippen molar-refractivity contribution >= 4 is 0 Å². The zero-order valence-electron chi connectivity index (χ0n) is 7.19. The van der Waals surface area contributed by atoms with Crippen LogP contribution in [0.3, 0.4) is 0 Å². The van der Waals surface area contributed by atoms with Crippen molar-refractivity contribution in [3.8, 4) is 0 Å². The van der Waals surface area contributed by atoms with E-state index in [0.29, 0.717) is 12.5 Å². The molecule has 2 fully saturated rings. The lowest BCUT2D eigenvalue weighted by Gasteiger charge is -2.46. The number of hydrogen-bond acceptors (Lipinski definition) is 4. The topological polar surface area (TPSA) is 63.9 Å². The van der Waals surface area contributed by atoms with Gasteiger partial charge in [0.05, 0.1) is 0 Å². The van der Waals surface area contributed by atoms with Gasteiger partial charge in [0.2, 0.25) is 5.79 Å². The van der Waals surface area contributed by atoms with E-state index in [1.165, 1.54) is 0 Å². The first-order chi connectivity index (χ1) is 5.47. The zero-order valence-corrected chi connectivity index (χ0v) is 7.19. The number of piperidine rings is 1. The van der Waals surface area contributed by atoms with Crippen LogP contribution in [0.4, 0.5) is 0 Å². The summed E-state index contributed by atoms with van der Waals surface area (Å²) in [5.74, 6) is -1.92. The van der Waals surface area contributed by atoms with Crippen molar-refractivity contribution in [1.29, 1.82) is 0 Å². The fraction of sp³-hybridized carbons (Fsp3) is 1.00. The van der Waals surface area contributed by atoms with Crippen LogP contribution in [0.2, 0.25) is 0 Å². The Morgan fingerprint density at radius 2 is 1.75 bits per heavy atom. The third kappa shape index (κ3) is 0.808.